The van der Waals surface area contributed by atoms with Gasteiger partial charge in [-0.25, -0.2) is 31.9 Å². The summed E-state index contributed by atoms with van der Waals surface area (Å²) in [7, 11) is -6.36. The number of anilines is 1. The van der Waals surface area contributed by atoms with Crippen molar-refractivity contribution in [1.82, 2.24) is 59.5 Å². The number of hydrogen-bond donors (Lipinski definition) is 3. The molecule has 0 atom stereocenters. The molecule has 23 heteroatoms. The van der Waals surface area contributed by atoms with Crippen LogP contribution in [0.1, 0.15) is 152 Å². The normalized spacial score (nSPS) is 15.8. The Morgan fingerprint density at radius 1 is 0.569 bits per heavy atom. The fourth-order valence-electron chi connectivity index (χ4n) is 8.35. The predicted octanol–water partition coefficient (Wildman–Crippen LogP) is 5.45. The van der Waals surface area contributed by atoms with E-state index in [2.05, 4.69) is 36.5 Å². The molecule has 4 aromatic heterocycles. The third kappa shape index (κ3) is 14.1. The van der Waals surface area contributed by atoms with E-state index in [1.807, 2.05) is 0 Å². The molecule has 5 radical (unpaired) electrons. The third-order valence-electron chi connectivity index (χ3n) is 10.9. The van der Waals surface area contributed by atoms with Crippen molar-refractivity contribution in [3.8, 4) is 0 Å². The summed E-state index contributed by atoms with van der Waals surface area (Å²) in [4.78, 5) is 52.2. The maximum atomic E-state index is 10.7. The summed E-state index contributed by atoms with van der Waals surface area (Å²) in [6.07, 6.45) is 21.7. The molecule has 2 aliphatic heterocycles. The molecule has 4 aromatic rings. The SMILES string of the molecule is C.C.C.C1CCC2=C(C1)c1nc2nc2[n-]c(nc3nc(nc4[n-]c(n1)c1c4CCCC1)C1=C3CCCC1)c1c2CCCC1.CS(N)(=O)=O.Cc1n[c-]nc(NCNS(C)(=O)=O)n1.[2HH].[B].[Cu+2].[Y]. The molecule has 0 unspecified atom stereocenters. The molecule has 353 valence electrons. The Kier molecular flexibility index (Phi) is 21.9. The number of aromatic nitrogens is 11. The van der Waals surface area contributed by atoms with Crippen LogP contribution in [0.2, 0.25) is 0 Å². The van der Waals surface area contributed by atoms with E-state index in [9.17, 15) is 16.8 Å². The maximum absolute atomic E-state index is 10.7. The average molecular weight is 1050 g/mol. The van der Waals surface area contributed by atoms with Crippen molar-refractivity contribution in [3.63, 3.8) is 0 Å². The molecule has 4 aliphatic carbocycles. The molecule has 8 bridgehead atoms. The molecule has 18 nitrogen and oxygen atoms in total. The van der Waals surface area contributed by atoms with Crippen molar-refractivity contribution in [3.05, 3.63) is 57.7 Å². The Morgan fingerprint density at radius 2 is 0.877 bits per heavy atom. The Labute approximate surface area is 423 Å². The number of nitrogens with two attached hydrogens (primary N) is 1. The van der Waals surface area contributed by atoms with Crippen LogP contribution in [0, 0.1) is 13.3 Å². The van der Waals surface area contributed by atoms with Gasteiger partial charge in [0.25, 0.3) is 0 Å². The summed E-state index contributed by atoms with van der Waals surface area (Å²) in [5, 5.41) is 6.98. The monoisotopic (exact) mass is 1050 g/mol. The summed E-state index contributed by atoms with van der Waals surface area (Å²) in [6, 6.07) is 0. The van der Waals surface area contributed by atoms with Crippen LogP contribution in [0.25, 0.3) is 44.9 Å². The van der Waals surface area contributed by atoms with Crippen molar-refractivity contribution in [1.29, 1.82) is 0 Å². The molecule has 4 N–H and O–H groups in total. The van der Waals surface area contributed by atoms with Crippen molar-refractivity contribution in [2.45, 2.75) is 132 Å². The topological polar surface area (TPSA) is 263 Å². The Morgan fingerprint density at radius 3 is 1.17 bits per heavy atom. The molecular formula is C42H61BCuN14O4S2Y-. The molecular weight excluding hydrogens is 992 g/mol. The van der Waals surface area contributed by atoms with Gasteiger partial charge in [-0.3, -0.25) is 0 Å². The fourth-order valence-corrected chi connectivity index (χ4v) is 8.69. The van der Waals surface area contributed by atoms with Crippen molar-refractivity contribution >= 4 is 79.3 Å². The average Bonchev–Trinajstić information content (AvgIpc) is 3.93. The molecule has 10 rings (SSSR count). The van der Waals surface area contributed by atoms with Gasteiger partial charge in [0.2, 0.25) is 20.0 Å². The van der Waals surface area contributed by atoms with Crippen molar-refractivity contribution in [2.75, 3.05) is 24.5 Å². The van der Waals surface area contributed by atoms with Gasteiger partial charge in [-0.05, 0) is 147 Å². The van der Waals surface area contributed by atoms with Gasteiger partial charge in [-0.15, -0.1) is 0 Å². The smallest absolute Gasteiger partial charge is 0.394 e. The van der Waals surface area contributed by atoms with E-state index in [0.717, 1.165) is 161 Å². The summed E-state index contributed by atoms with van der Waals surface area (Å²) in [5.74, 6) is 4.00. The number of primary sulfonamides is 1. The number of hydrogen-bond acceptors (Lipinski definition) is 14. The zero-order valence-corrected chi connectivity index (χ0v) is 40.3. The van der Waals surface area contributed by atoms with Gasteiger partial charge in [-0.1, -0.05) is 29.2 Å². The second-order valence-corrected chi connectivity index (χ2v) is 19.0. The van der Waals surface area contributed by atoms with E-state index in [4.69, 9.17) is 39.9 Å². The maximum Gasteiger partial charge on any atom is 2.00 e. The van der Waals surface area contributed by atoms with Crippen molar-refractivity contribution < 1.29 is 68.0 Å². The number of nitrogens with zero attached hydrogens (tertiary/aromatic N) is 11. The minimum atomic E-state index is -3.20. The minimum absolute atomic E-state index is 0. The van der Waals surface area contributed by atoms with Crippen LogP contribution in [0.15, 0.2) is 0 Å². The molecule has 0 amide bonds. The van der Waals surface area contributed by atoms with Gasteiger partial charge < -0.3 is 50.2 Å². The number of allylic oxidation sites excluding steroid dienone is 4. The van der Waals surface area contributed by atoms with E-state index < -0.39 is 20.0 Å². The van der Waals surface area contributed by atoms with Gasteiger partial charge in [-0.2, -0.15) is 4.72 Å². The first-order valence-electron chi connectivity index (χ1n) is 20.1. The summed E-state index contributed by atoms with van der Waals surface area (Å²) in [6.45, 7) is 1.73. The first-order chi connectivity index (χ1) is 28.3. The number of nitrogens with one attached hydrogen (secondary N) is 2. The fraction of sp³-hybridized carbons (Fsp3) is 0.548. The number of aryl methyl sites for hydroxylation is 5. The standard InChI is InChI=1S/C32H32N8.C6H10N5O2S.CH5NO2S.3CH4.B.Cu.Y.H2/c1-2-10-18-17(9-1)25-33-26(18)38-28-21-13-5-6-14-22(21)30(35-28)40-32-24-16-8-7-15-23(24)31(36-32)39-29-20-12-4-3-11-19(20)27(34-29)37-25;1-5-7-3-8-6(11-5)9-4-10-14(2,12)13;1-5(2,3)4;;;;;;;/h1-16H2;10H,4H2,1-2H3,(H,7,8,9,11);1H3,(H2,2,3,4);3*1H4;;;;1H/q-2;-1;;;;;;+2;;/i;;;;;;;;;1+1. The Hall–Kier alpha value is -3.36. The van der Waals surface area contributed by atoms with Gasteiger partial charge in [0.05, 0.1) is 42.5 Å². The van der Waals surface area contributed by atoms with E-state index in [0.29, 0.717) is 5.82 Å². The quantitative estimate of drug-likeness (QED) is 0.130. The molecule has 0 fully saturated rings. The summed E-state index contributed by atoms with van der Waals surface area (Å²) in [5.41, 5.74) is 13.2. The van der Waals surface area contributed by atoms with E-state index in [1.54, 1.807) is 6.92 Å². The van der Waals surface area contributed by atoms with Crippen LogP contribution in [0.3, 0.4) is 0 Å². The first kappa shape index (κ1) is 57.8. The molecule has 0 aromatic carbocycles. The first-order valence-corrected chi connectivity index (χ1v) is 24.0. The van der Waals surface area contributed by atoms with Crippen LogP contribution in [0.5, 0.6) is 0 Å². The van der Waals surface area contributed by atoms with Crippen LogP contribution < -0.4 is 25.1 Å². The molecule has 0 spiro atoms. The predicted molar refractivity (Wildman–Crippen MR) is 251 cm³/mol. The molecule has 6 heterocycles. The summed E-state index contributed by atoms with van der Waals surface area (Å²) >= 11 is 0. The van der Waals surface area contributed by atoms with Crippen LogP contribution in [-0.2, 0) is 95.5 Å². The van der Waals surface area contributed by atoms with Gasteiger partial charge in [0.15, 0.2) is 0 Å². The Balaban J connectivity index is 0.000000720. The molecule has 0 saturated carbocycles. The van der Waals surface area contributed by atoms with Gasteiger partial charge in [0, 0.05) is 77.3 Å². The molecule has 65 heavy (non-hydrogen) atoms. The zero-order chi connectivity index (χ0) is 41.3. The van der Waals surface area contributed by atoms with Gasteiger partial charge in [0.1, 0.15) is 5.95 Å². The molecule has 6 aliphatic rings. The largest absolute Gasteiger partial charge is 2.00 e. The number of sulfonamides is 2. The zero-order valence-electron chi connectivity index (χ0n) is 34.9. The van der Waals surface area contributed by atoms with E-state index in [1.165, 1.54) is 44.5 Å². The number of fused-ring (bicyclic) bond motifs is 18. The van der Waals surface area contributed by atoms with Crippen LogP contribution in [0.4, 0.5) is 5.95 Å². The Bertz CT molecular complexity index is 2530. The van der Waals surface area contributed by atoms with E-state index >= 15 is 0 Å². The second-order valence-electron chi connectivity index (χ2n) is 15.5. The third-order valence-corrected chi connectivity index (χ3v) is 11.6. The summed E-state index contributed by atoms with van der Waals surface area (Å²) < 4.78 is 42.4. The van der Waals surface area contributed by atoms with Crippen molar-refractivity contribution in [2.24, 2.45) is 5.14 Å². The van der Waals surface area contributed by atoms with Crippen LogP contribution >= 0.6 is 0 Å². The molecule has 0 saturated heterocycles. The minimum Gasteiger partial charge on any atom is -0.394 e. The van der Waals surface area contributed by atoms with Crippen LogP contribution in [-0.4, -0.2) is 89.3 Å². The second kappa shape index (κ2) is 24.6. The number of rotatable bonds is 4. The van der Waals surface area contributed by atoms with E-state index in [-0.39, 0.29) is 94.5 Å². The van der Waals surface area contributed by atoms with Gasteiger partial charge >= 0.3 is 17.1 Å².